The number of rotatable bonds is 7. The van der Waals surface area contributed by atoms with Gasteiger partial charge in [-0.05, 0) is 49.6 Å². The second-order valence-corrected chi connectivity index (χ2v) is 5.45. The molecule has 1 N–H and O–H groups in total. The molecule has 4 nitrogen and oxygen atoms in total. The van der Waals surface area contributed by atoms with E-state index in [-0.39, 0.29) is 12.0 Å². The fourth-order valence-electron chi connectivity index (χ4n) is 2.05. The van der Waals surface area contributed by atoms with Gasteiger partial charge in [-0.15, -0.1) is 0 Å². The maximum atomic E-state index is 11.8. The molecule has 0 saturated carbocycles. The second-order valence-electron chi connectivity index (χ2n) is 5.45. The average molecular weight is 298 g/mol. The lowest BCUT2D eigenvalue weighted by atomic mass is 10.1. The molecule has 0 unspecified atom stereocenters. The van der Waals surface area contributed by atoms with E-state index in [1.807, 2.05) is 50.2 Å². The van der Waals surface area contributed by atoms with Crippen molar-refractivity contribution in [3.05, 3.63) is 59.9 Å². The maximum Gasteiger partial charge on any atom is 0.220 e. The van der Waals surface area contributed by atoms with Crippen LogP contribution in [0.5, 0.6) is 5.75 Å². The van der Waals surface area contributed by atoms with Gasteiger partial charge in [-0.1, -0.05) is 18.2 Å². The highest BCUT2D eigenvalue weighted by atomic mass is 16.5. The largest absolute Gasteiger partial charge is 0.491 e. The number of aromatic nitrogens is 1. The van der Waals surface area contributed by atoms with Gasteiger partial charge in [0.15, 0.2) is 0 Å². The molecule has 0 radical (unpaired) electrons. The van der Waals surface area contributed by atoms with Crippen molar-refractivity contribution in [1.29, 1.82) is 0 Å². The van der Waals surface area contributed by atoms with Crippen molar-refractivity contribution in [2.75, 3.05) is 0 Å². The summed E-state index contributed by atoms with van der Waals surface area (Å²) in [7, 11) is 0. The molecule has 0 spiro atoms. The van der Waals surface area contributed by atoms with Gasteiger partial charge in [-0.2, -0.15) is 0 Å². The highest BCUT2D eigenvalue weighted by Crippen LogP contribution is 2.13. The van der Waals surface area contributed by atoms with E-state index in [4.69, 9.17) is 4.74 Å². The minimum absolute atomic E-state index is 0.0476. The lowest BCUT2D eigenvalue weighted by molar-refractivity contribution is -0.121. The van der Waals surface area contributed by atoms with Gasteiger partial charge in [0.05, 0.1) is 6.10 Å². The topological polar surface area (TPSA) is 51.2 Å². The van der Waals surface area contributed by atoms with Crippen LogP contribution in [-0.2, 0) is 17.8 Å². The van der Waals surface area contributed by atoms with Gasteiger partial charge in [-0.25, -0.2) is 0 Å². The predicted molar refractivity (Wildman–Crippen MR) is 86.6 cm³/mol. The zero-order valence-electron chi connectivity index (χ0n) is 13.1. The molecule has 1 amide bonds. The number of amides is 1. The summed E-state index contributed by atoms with van der Waals surface area (Å²) in [6.07, 6.45) is 4.87. The number of hydrogen-bond donors (Lipinski definition) is 1. The van der Waals surface area contributed by atoms with Crippen LogP contribution >= 0.6 is 0 Å². The summed E-state index contributed by atoms with van der Waals surface area (Å²) >= 11 is 0. The third kappa shape index (κ3) is 5.56. The number of carbonyl (C=O) groups excluding carboxylic acids is 1. The van der Waals surface area contributed by atoms with Crippen LogP contribution in [0.2, 0.25) is 0 Å². The van der Waals surface area contributed by atoms with Crippen LogP contribution in [-0.4, -0.2) is 17.0 Å². The lowest BCUT2D eigenvalue weighted by Crippen LogP contribution is -2.23. The Kier molecular flexibility index (Phi) is 5.95. The molecule has 4 heteroatoms. The van der Waals surface area contributed by atoms with Gasteiger partial charge < -0.3 is 10.1 Å². The van der Waals surface area contributed by atoms with Crippen LogP contribution in [0.15, 0.2) is 48.8 Å². The molecule has 22 heavy (non-hydrogen) atoms. The van der Waals surface area contributed by atoms with Gasteiger partial charge in [0, 0.05) is 25.4 Å². The van der Waals surface area contributed by atoms with Crippen molar-refractivity contribution >= 4 is 5.91 Å². The third-order valence-electron chi connectivity index (χ3n) is 3.15. The van der Waals surface area contributed by atoms with Crippen LogP contribution < -0.4 is 10.1 Å². The van der Waals surface area contributed by atoms with E-state index in [2.05, 4.69) is 10.3 Å². The molecule has 0 saturated heterocycles. The molecule has 0 aliphatic heterocycles. The Bertz CT molecular complexity index is 580. The molecule has 1 heterocycles. The van der Waals surface area contributed by atoms with Crippen LogP contribution in [0.4, 0.5) is 0 Å². The van der Waals surface area contributed by atoms with E-state index >= 15 is 0 Å². The number of hydrogen-bond acceptors (Lipinski definition) is 3. The van der Waals surface area contributed by atoms with E-state index in [0.717, 1.165) is 16.9 Å². The van der Waals surface area contributed by atoms with E-state index in [0.29, 0.717) is 19.4 Å². The van der Waals surface area contributed by atoms with Crippen LogP contribution in [0, 0.1) is 0 Å². The Morgan fingerprint density at radius 3 is 2.59 bits per heavy atom. The standard InChI is InChI=1S/C18H22N2O2/c1-14(2)22-17-8-5-16(6-9-17)13-20-18(21)10-7-15-4-3-11-19-12-15/h3-6,8-9,11-12,14H,7,10,13H2,1-2H3,(H,20,21). The van der Waals surface area contributed by atoms with Crippen molar-refractivity contribution in [2.45, 2.75) is 39.3 Å². The third-order valence-corrected chi connectivity index (χ3v) is 3.15. The first-order chi connectivity index (χ1) is 10.6. The van der Waals surface area contributed by atoms with E-state index in [1.54, 1.807) is 12.4 Å². The summed E-state index contributed by atoms with van der Waals surface area (Å²) in [6, 6.07) is 11.7. The van der Waals surface area contributed by atoms with Gasteiger partial charge >= 0.3 is 0 Å². The fourth-order valence-corrected chi connectivity index (χ4v) is 2.05. The van der Waals surface area contributed by atoms with E-state index in [9.17, 15) is 4.79 Å². The minimum Gasteiger partial charge on any atom is -0.491 e. The molecular weight excluding hydrogens is 276 g/mol. The first-order valence-electron chi connectivity index (χ1n) is 7.54. The number of carbonyl (C=O) groups is 1. The summed E-state index contributed by atoms with van der Waals surface area (Å²) in [4.78, 5) is 15.9. The zero-order valence-corrected chi connectivity index (χ0v) is 13.1. The molecule has 0 fully saturated rings. The Balaban J connectivity index is 1.74. The van der Waals surface area contributed by atoms with E-state index in [1.165, 1.54) is 0 Å². The zero-order chi connectivity index (χ0) is 15.8. The number of benzene rings is 1. The summed E-state index contributed by atoms with van der Waals surface area (Å²) in [5.41, 5.74) is 2.14. The number of ether oxygens (including phenoxy) is 1. The number of nitrogens with zero attached hydrogens (tertiary/aromatic N) is 1. The van der Waals surface area contributed by atoms with Crippen LogP contribution in [0.1, 0.15) is 31.4 Å². The number of aryl methyl sites for hydroxylation is 1. The van der Waals surface area contributed by atoms with Crippen molar-refractivity contribution in [1.82, 2.24) is 10.3 Å². The summed E-state index contributed by atoms with van der Waals surface area (Å²) in [5, 5.41) is 2.93. The smallest absolute Gasteiger partial charge is 0.220 e. The monoisotopic (exact) mass is 298 g/mol. The number of pyridine rings is 1. The van der Waals surface area contributed by atoms with Gasteiger partial charge in [0.1, 0.15) is 5.75 Å². The van der Waals surface area contributed by atoms with Gasteiger partial charge in [0.2, 0.25) is 5.91 Å². The normalized spacial score (nSPS) is 10.5. The van der Waals surface area contributed by atoms with Gasteiger partial charge in [0.25, 0.3) is 0 Å². The van der Waals surface area contributed by atoms with E-state index < -0.39 is 0 Å². The van der Waals surface area contributed by atoms with Crippen molar-refractivity contribution in [3.8, 4) is 5.75 Å². The fraction of sp³-hybridized carbons (Fsp3) is 0.333. The number of nitrogens with one attached hydrogen (secondary N) is 1. The van der Waals surface area contributed by atoms with Gasteiger partial charge in [-0.3, -0.25) is 9.78 Å². The quantitative estimate of drug-likeness (QED) is 0.854. The first-order valence-corrected chi connectivity index (χ1v) is 7.54. The molecular formula is C18H22N2O2. The van der Waals surface area contributed by atoms with Crippen LogP contribution in [0.3, 0.4) is 0 Å². The molecule has 0 aliphatic rings. The molecule has 0 bridgehead atoms. The highest BCUT2D eigenvalue weighted by molar-refractivity contribution is 5.76. The lowest BCUT2D eigenvalue weighted by Gasteiger charge is -2.10. The average Bonchev–Trinajstić information content (AvgIpc) is 2.53. The van der Waals surface area contributed by atoms with Crippen molar-refractivity contribution < 1.29 is 9.53 Å². The molecule has 2 rings (SSSR count). The SMILES string of the molecule is CC(C)Oc1ccc(CNC(=O)CCc2cccnc2)cc1. The van der Waals surface area contributed by atoms with Crippen LogP contribution in [0.25, 0.3) is 0 Å². The first kappa shape index (κ1) is 16.0. The molecule has 0 aliphatic carbocycles. The molecule has 2 aromatic rings. The Hall–Kier alpha value is -2.36. The van der Waals surface area contributed by atoms with Crippen molar-refractivity contribution in [2.24, 2.45) is 0 Å². The predicted octanol–water partition coefficient (Wildman–Crippen LogP) is 3.12. The summed E-state index contributed by atoms with van der Waals surface area (Å²) in [6.45, 7) is 4.53. The Morgan fingerprint density at radius 2 is 1.95 bits per heavy atom. The highest BCUT2D eigenvalue weighted by Gasteiger charge is 2.03. The molecule has 1 aromatic heterocycles. The van der Waals surface area contributed by atoms with Crippen molar-refractivity contribution in [3.63, 3.8) is 0 Å². The minimum atomic E-state index is 0.0476. The molecule has 1 aromatic carbocycles. The Morgan fingerprint density at radius 1 is 1.18 bits per heavy atom. The maximum absolute atomic E-state index is 11.8. The second kappa shape index (κ2) is 8.17. The Labute approximate surface area is 131 Å². The summed E-state index contributed by atoms with van der Waals surface area (Å²) < 4.78 is 5.59. The summed E-state index contributed by atoms with van der Waals surface area (Å²) in [5.74, 6) is 0.896. The molecule has 0 atom stereocenters. The molecule has 116 valence electrons.